The first-order valence-corrected chi connectivity index (χ1v) is 11.5. The molecule has 0 bridgehead atoms. The van der Waals surface area contributed by atoms with Crippen LogP contribution in [0.15, 0.2) is 72.2 Å². The monoisotopic (exact) mass is 481 g/mol. The largest absolute Gasteiger partial charge is 0.344 e. The van der Waals surface area contributed by atoms with Crippen LogP contribution >= 0.6 is 34.5 Å². The van der Waals surface area contributed by atoms with Gasteiger partial charge >= 0.3 is 0 Å². The third-order valence-corrected chi connectivity index (χ3v) is 6.84. The maximum atomic E-state index is 13.4. The number of thiophene rings is 1. The van der Waals surface area contributed by atoms with Gasteiger partial charge in [0.15, 0.2) is 0 Å². The van der Waals surface area contributed by atoms with Crippen molar-refractivity contribution in [1.29, 1.82) is 0 Å². The Morgan fingerprint density at radius 1 is 0.969 bits per heavy atom. The number of carbonyl (C=O) groups is 2. The lowest BCUT2D eigenvalue weighted by atomic mass is 10.1. The van der Waals surface area contributed by atoms with Gasteiger partial charge in [-0.1, -0.05) is 23.2 Å². The van der Waals surface area contributed by atoms with Crippen molar-refractivity contribution in [2.24, 2.45) is 0 Å². The van der Waals surface area contributed by atoms with Gasteiger partial charge in [0.25, 0.3) is 11.8 Å². The predicted molar refractivity (Wildman–Crippen MR) is 129 cm³/mol. The molecule has 8 heteroatoms. The molecular formula is C24H17Cl2N3O2S. The zero-order chi connectivity index (χ0) is 22.2. The second-order valence-electron chi connectivity index (χ2n) is 7.40. The first kappa shape index (κ1) is 20.8. The number of nitrogens with zero attached hydrogens (tertiary/aromatic N) is 2. The van der Waals surface area contributed by atoms with Gasteiger partial charge in [-0.15, -0.1) is 11.3 Å². The van der Waals surface area contributed by atoms with Crippen LogP contribution in [0.3, 0.4) is 0 Å². The van der Waals surface area contributed by atoms with Crippen LogP contribution in [0.2, 0.25) is 10.0 Å². The molecule has 3 heterocycles. The van der Waals surface area contributed by atoms with Crippen molar-refractivity contribution in [3.05, 3.63) is 104 Å². The number of amides is 2. The molecule has 2 aromatic heterocycles. The van der Waals surface area contributed by atoms with E-state index in [1.807, 2.05) is 34.7 Å². The van der Waals surface area contributed by atoms with Gasteiger partial charge in [-0.3, -0.25) is 9.59 Å². The summed E-state index contributed by atoms with van der Waals surface area (Å²) in [5.41, 5.74) is 3.42. The molecule has 4 aromatic rings. The maximum absolute atomic E-state index is 13.4. The van der Waals surface area contributed by atoms with Gasteiger partial charge < -0.3 is 14.8 Å². The highest BCUT2D eigenvalue weighted by molar-refractivity contribution is 7.10. The Bertz CT molecular complexity index is 1330. The van der Waals surface area contributed by atoms with Crippen molar-refractivity contribution in [3.63, 3.8) is 0 Å². The predicted octanol–water partition coefficient (Wildman–Crippen LogP) is 6.32. The first-order valence-electron chi connectivity index (χ1n) is 9.88. The Hall–Kier alpha value is -3.06. The number of carbonyl (C=O) groups excluding carboxylic acids is 2. The topological polar surface area (TPSA) is 54.3 Å². The molecule has 0 spiro atoms. The Labute approximate surface area is 198 Å². The molecule has 5 rings (SSSR count). The summed E-state index contributed by atoms with van der Waals surface area (Å²) in [6, 6.07) is 17.6. The molecule has 0 aliphatic carbocycles. The molecule has 32 heavy (non-hydrogen) atoms. The average molecular weight is 482 g/mol. The number of hydrogen-bond acceptors (Lipinski definition) is 3. The van der Waals surface area contributed by atoms with E-state index in [4.69, 9.17) is 23.2 Å². The van der Waals surface area contributed by atoms with Crippen molar-refractivity contribution in [2.45, 2.75) is 13.1 Å². The molecule has 160 valence electrons. The number of hydrogen-bond donors (Lipinski definition) is 1. The number of halogens is 2. The highest BCUT2D eigenvalue weighted by Crippen LogP contribution is 2.33. The number of nitrogens with one attached hydrogen (secondary N) is 1. The third-order valence-electron chi connectivity index (χ3n) is 5.38. The SMILES string of the molecule is O=C(Nc1ccc(C(=O)N2Cc3cccn3Cc3sccc32)cc1)c1cc(Cl)ccc1Cl. The Morgan fingerprint density at radius 2 is 1.78 bits per heavy atom. The first-order chi connectivity index (χ1) is 15.5. The zero-order valence-electron chi connectivity index (χ0n) is 16.7. The number of benzene rings is 2. The fourth-order valence-electron chi connectivity index (χ4n) is 3.74. The van der Waals surface area contributed by atoms with Crippen LogP contribution in [-0.2, 0) is 13.1 Å². The van der Waals surface area contributed by atoms with Crippen molar-refractivity contribution in [2.75, 3.05) is 10.2 Å². The lowest BCUT2D eigenvalue weighted by molar-refractivity contribution is 0.0984. The van der Waals surface area contributed by atoms with E-state index < -0.39 is 0 Å². The van der Waals surface area contributed by atoms with E-state index in [1.54, 1.807) is 47.7 Å². The second-order valence-corrected chi connectivity index (χ2v) is 9.25. The minimum absolute atomic E-state index is 0.0879. The summed E-state index contributed by atoms with van der Waals surface area (Å²) in [4.78, 5) is 28.9. The van der Waals surface area contributed by atoms with E-state index in [0.29, 0.717) is 27.8 Å². The Kier molecular flexibility index (Phi) is 5.51. The van der Waals surface area contributed by atoms with Crippen LogP contribution in [0.25, 0.3) is 0 Å². The summed E-state index contributed by atoms with van der Waals surface area (Å²) in [6.45, 7) is 1.26. The molecule has 0 radical (unpaired) electrons. The summed E-state index contributed by atoms with van der Waals surface area (Å²) in [5, 5.41) is 5.55. The number of fused-ring (bicyclic) bond motifs is 2. The van der Waals surface area contributed by atoms with Gasteiger partial charge in [0.1, 0.15) is 0 Å². The van der Waals surface area contributed by atoms with Gasteiger partial charge in [0.2, 0.25) is 0 Å². The van der Waals surface area contributed by atoms with Gasteiger partial charge in [-0.05, 0) is 66.0 Å². The summed E-state index contributed by atoms with van der Waals surface area (Å²) < 4.78 is 2.17. The highest BCUT2D eigenvalue weighted by Gasteiger charge is 2.25. The molecule has 0 unspecified atom stereocenters. The second kappa shape index (κ2) is 8.47. The normalized spacial score (nSPS) is 12.6. The molecule has 0 saturated carbocycles. The van der Waals surface area contributed by atoms with Crippen LogP contribution in [0.5, 0.6) is 0 Å². The molecular weight excluding hydrogens is 465 g/mol. The van der Waals surface area contributed by atoms with Gasteiger partial charge in [0, 0.05) is 33.0 Å². The molecule has 1 aliphatic rings. The molecule has 0 atom stereocenters. The van der Waals surface area contributed by atoms with E-state index >= 15 is 0 Å². The molecule has 2 amide bonds. The summed E-state index contributed by atoms with van der Waals surface area (Å²) in [6.07, 6.45) is 2.04. The molecule has 5 nitrogen and oxygen atoms in total. The van der Waals surface area contributed by atoms with Crippen LogP contribution in [0.1, 0.15) is 31.3 Å². The van der Waals surface area contributed by atoms with E-state index in [9.17, 15) is 9.59 Å². The average Bonchev–Trinajstić information content (AvgIpc) is 3.41. The van der Waals surface area contributed by atoms with Crippen molar-refractivity contribution in [3.8, 4) is 0 Å². The van der Waals surface area contributed by atoms with E-state index in [2.05, 4.69) is 9.88 Å². The molecule has 1 N–H and O–H groups in total. The molecule has 0 fully saturated rings. The number of rotatable bonds is 3. The fraction of sp³-hybridized carbons (Fsp3) is 0.0833. The highest BCUT2D eigenvalue weighted by atomic mass is 35.5. The zero-order valence-corrected chi connectivity index (χ0v) is 19.0. The summed E-state index contributed by atoms with van der Waals surface area (Å²) in [5.74, 6) is -0.456. The Morgan fingerprint density at radius 3 is 2.59 bits per heavy atom. The van der Waals surface area contributed by atoms with Crippen LogP contribution in [0, 0.1) is 0 Å². The number of aromatic nitrogens is 1. The summed E-state index contributed by atoms with van der Waals surface area (Å²) >= 11 is 13.7. The number of anilines is 2. The lowest BCUT2D eigenvalue weighted by Gasteiger charge is -2.21. The third kappa shape index (κ3) is 3.93. The van der Waals surface area contributed by atoms with E-state index in [0.717, 1.165) is 22.8 Å². The van der Waals surface area contributed by atoms with Crippen molar-refractivity contribution < 1.29 is 9.59 Å². The Balaban J connectivity index is 1.37. The minimum Gasteiger partial charge on any atom is -0.344 e. The van der Waals surface area contributed by atoms with Crippen LogP contribution < -0.4 is 10.2 Å². The lowest BCUT2D eigenvalue weighted by Crippen LogP contribution is -2.30. The van der Waals surface area contributed by atoms with Crippen molar-refractivity contribution >= 4 is 57.7 Å². The van der Waals surface area contributed by atoms with Crippen LogP contribution in [0.4, 0.5) is 11.4 Å². The van der Waals surface area contributed by atoms with Crippen LogP contribution in [-0.4, -0.2) is 16.4 Å². The van der Waals surface area contributed by atoms with E-state index in [-0.39, 0.29) is 17.4 Å². The summed E-state index contributed by atoms with van der Waals surface area (Å²) in [7, 11) is 0. The maximum Gasteiger partial charge on any atom is 0.258 e. The van der Waals surface area contributed by atoms with Gasteiger partial charge in [-0.25, -0.2) is 0 Å². The molecule has 1 aliphatic heterocycles. The fourth-order valence-corrected chi connectivity index (χ4v) is 4.99. The smallest absolute Gasteiger partial charge is 0.258 e. The quantitative estimate of drug-likeness (QED) is 0.372. The standard InChI is InChI=1S/C24H17Cl2N3O2S/c25-16-5-8-20(26)19(12-16)23(30)27-17-6-3-15(4-7-17)24(31)29-13-18-2-1-10-28(18)14-22-21(29)9-11-32-22/h1-12H,13-14H2,(H,27,30). The van der Waals surface area contributed by atoms with Gasteiger partial charge in [0.05, 0.1) is 29.4 Å². The van der Waals surface area contributed by atoms with Crippen molar-refractivity contribution in [1.82, 2.24) is 4.57 Å². The molecule has 0 saturated heterocycles. The van der Waals surface area contributed by atoms with E-state index in [1.165, 1.54) is 6.07 Å². The minimum atomic E-state index is -0.368. The molecule has 2 aromatic carbocycles. The van der Waals surface area contributed by atoms with Gasteiger partial charge in [-0.2, -0.15) is 0 Å².